The van der Waals surface area contributed by atoms with Crippen LogP contribution >= 0.6 is 0 Å². The largest absolute Gasteiger partial charge is 0.385 e. The molecule has 0 aromatic rings. The summed E-state index contributed by atoms with van der Waals surface area (Å²) in [4.78, 5) is 0. The van der Waals surface area contributed by atoms with Gasteiger partial charge in [-0.3, -0.25) is 0 Å². The van der Waals surface area contributed by atoms with E-state index >= 15 is 0 Å². The van der Waals surface area contributed by atoms with Crippen LogP contribution in [0.1, 0.15) is 60.8 Å². The Morgan fingerprint density at radius 2 is 1.67 bits per heavy atom. The number of aliphatic hydroxyl groups is 2. The Labute approximate surface area is 111 Å². The summed E-state index contributed by atoms with van der Waals surface area (Å²) >= 11 is 0. The Morgan fingerprint density at radius 1 is 1.11 bits per heavy atom. The van der Waals surface area contributed by atoms with Crippen molar-refractivity contribution < 1.29 is 10.2 Å². The van der Waals surface area contributed by atoms with Crippen molar-refractivity contribution in [3.8, 4) is 11.8 Å². The van der Waals surface area contributed by atoms with Gasteiger partial charge in [0.1, 0.15) is 5.60 Å². The molecule has 0 unspecified atom stereocenters. The molecule has 18 heavy (non-hydrogen) atoms. The molecule has 0 aliphatic rings. The maximum absolute atomic E-state index is 9.88. The molecule has 102 valence electrons. The first kappa shape index (κ1) is 17.0. The highest BCUT2D eigenvalue weighted by Crippen LogP contribution is 2.15. The summed E-state index contributed by atoms with van der Waals surface area (Å²) in [6.07, 6.45) is 2.94. The third kappa shape index (κ3) is 8.14. The number of hydrogen-bond acceptors (Lipinski definition) is 2. The molecular weight excluding hydrogens is 224 g/mol. The summed E-state index contributed by atoms with van der Waals surface area (Å²) in [5, 5.41) is 19.5. The number of hydrogen-bond donors (Lipinski definition) is 2. The Bertz CT molecular complexity index is 386. The van der Waals surface area contributed by atoms with Gasteiger partial charge in [0.05, 0.1) is 5.60 Å². The predicted octanol–water partition coefficient (Wildman–Crippen LogP) is 3.19. The zero-order chi connectivity index (χ0) is 14.4. The fourth-order valence-corrected chi connectivity index (χ4v) is 1.12. The Morgan fingerprint density at radius 3 is 2.06 bits per heavy atom. The fourth-order valence-electron chi connectivity index (χ4n) is 1.12. The number of unbranched alkanes of at least 4 members (excludes halogenated alkanes) is 1. The molecule has 2 nitrogen and oxygen atoms in total. The van der Waals surface area contributed by atoms with Gasteiger partial charge in [-0.2, -0.15) is 0 Å². The number of rotatable bonds is 4. The second-order valence-corrected chi connectivity index (χ2v) is 5.70. The lowest BCUT2D eigenvalue weighted by molar-refractivity contribution is 0.120. The predicted molar refractivity (Wildman–Crippen MR) is 76.1 cm³/mol. The van der Waals surface area contributed by atoms with Crippen LogP contribution in [0.3, 0.4) is 0 Å². The van der Waals surface area contributed by atoms with Crippen molar-refractivity contribution in [3.63, 3.8) is 0 Å². The maximum Gasteiger partial charge on any atom is 0.120 e. The van der Waals surface area contributed by atoms with Gasteiger partial charge < -0.3 is 10.2 Å². The zero-order valence-corrected chi connectivity index (χ0v) is 12.5. The van der Waals surface area contributed by atoms with Crippen LogP contribution < -0.4 is 0 Å². The summed E-state index contributed by atoms with van der Waals surface area (Å²) < 4.78 is 0. The summed E-state index contributed by atoms with van der Waals surface area (Å²) in [7, 11) is 0. The van der Waals surface area contributed by atoms with Crippen LogP contribution in [0, 0.1) is 11.8 Å². The zero-order valence-electron chi connectivity index (χ0n) is 12.5. The van der Waals surface area contributed by atoms with Gasteiger partial charge in [0.15, 0.2) is 0 Å². The molecule has 2 heteroatoms. The lowest BCUT2D eigenvalue weighted by Crippen LogP contribution is -2.19. The molecular formula is C16H26O2. The second kappa shape index (κ2) is 6.81. The lowest BCUT2D eigenvalue weighted by Gasteiger charge is -2.16. The van der Waals surface area contributed by atoms with Crippen molar-refractivity contribution in [2.75, 3.05) is 0 Å². The van der Waals surface area contributed by atoms with Crippen LogP contribution in [-0.4, -0.2) is 21.4 Å². The molecule has 0 heterocycles. The average molecular weight is 250 g/mol. The second-order valence-electron chi connectivity index (χ2n) is 5.70. The van der Waals surface area contributed by atoms with Gasteiger partial charge in [-0.05, 0) is 47.5 Å². The van der Waals surface area contributed by atoms with Crippen molar-refractivity contribution >= 4 is 0 Å². The Balaban J connectivity index is 5.35. The lowest BCUT2D eigenvalue weighted by atomic mass is 9.98. The molecule has 0 bridgehead atoms. The van der Waals surface area contributed by atoms with Crippen molar-refractivity contribution in [1.82, 2.24) is 0 Å². The van der Waals surface area contributed by atoms with Crippen LogP contribution in [0.4, 0.5) is 0 Å². The average Bonchev–Trinajstić information content (AvgIpc) is 2.19. The van der Waals surface area contributed by atoms with Gasteiger partial charge in [-0.25, -0.2) is 0 Å². The third-order valence-electron chi connectivity index (χ3n) is 2.56. The topological polar surface area (TPSA) is 40.5 Å². The van der Waals surface area contributed by atoms with Gasteiger partial charge in [-0.15, -0.1) is 5.73 Å². The van der Waals surface area contributed by atoms with E-state index in [-0.39, 0.29) is 0 Å². The van der Waals surface area contributed by atoms with E-state index in [9.17, 15) is 10.2 Å². The van der Waals surface area contributed by atoms with E-state index in [4.69, 9.17) is 0 Å². The van der Waals surface area contributed by atoms with E-state index < -0.39 is 11.2 Å². The normalized spacial score (nSPS) is 11.3. The summed E-state index contributed by atoms with van der Waals surface area (Å²) in [6.45, 7) is 10.7. The van der Waals surface area contributed by atoms with E-state index in [2.05, 4.69) is 24.5 Å². The Hall–Kier alpha value is -1.00. The fraction of sp³-hybridized carbons (Fsp3) is 0.688. The minimum absolute atomic E-state index is 0.763. The van der Waals surface area contributed by atoms with E-state index in [1.54, 1.807) is 27.7 Å². The minimum Gasteiger partial charge on any atom is -0.385 e. The van der Waals surface area contributed by atoms with Crippen molar-refractivity contribution in [2.24, 2.45) is 0 Å². The first-order valence-electron chi connectivity index (χ1n) is 6.51. The molecule has 2 N–H and O–H groups in total. The molecule has 0 radical (unpaired) electrons. The molecule has 0 aromatic heterocycles. The highest BCUT2D eigenvalue weighted by molar-refractivity contribution is 5.32. The van der Waals surface area contributed by atoms with Crippen LogP contribution in [-0.2, 0) is 0 Å². The van der Waals surface area contributed by atoms with Crippen LogP contribution in [0.2, 0.25) is 0 Å². The van der Waals surface area contributed by atoms with Crippen LogP contribution in [0.25, 0.3) is 0 Å². The molecule has 0 aliphatic heterocycles. The SMILES string of the molecule is CCCCC(=C=C(C)C(C)(C)O)C#CC(C)(C)O. The monoisotopic (exact) mass is 250 g/mol. The van der Waals surface area contributed by atoms with E-state index in [1.807, 2.05) is 6.92 Å². The quantitative estimate of drug-likeness (QED) is 0.594. The minimum atomic E-state index is -0.998. The van der Waals surface area contributed by atoms with Gasteiger partial charge in [-0.1, -0.05) is 25.2 Å². The van der Waals surface area contributed by atoms with Gasteiger partial charge in [0.25, 0.3) is 0 Å². The molecule has 0 atom stereocenters. The van der Waals surface area contributed by atoms with Gasteiger partial charge in [0.2, 0.25) is 0 Å². The summed E-state index contributed by atoms with van der Waals surface area (Å²) in [6, 6.07) is 0. The van der Waals surface area contributed by atoms with E-state index in [1.165, 1.54) is 0 Å². The molecule has 0 aliphatic carbocycles. The molecule has 0 saturated carbocycles. The molecule has 0 amide bonds. The highest BCUT2D eigenvalue weighted by Gasteiger charge is 2.14. The first-order valence-corrected chi connectivity index (χ1v) is 6.51. The molecule has 0 fully saturated rings. The first-order chi connectivity index (χ1) is 8.06. The van der Waals surface area contributed by atoms with Crippen molar-refractivity contribution in [1.29, 1.82) is 0 Å². The molecule has 0 saturated heterocycles. The Kier molecular flexibility index (Phi) is 6.43. The summed E-state index contributed by atoms with van der Waals surface area (Å²) in [5.41, 5.74) is 2.89. The van der Waals surface area contributed by atoms with Gasteiger partial charge in [0, 0.05) is 11.1 Å². The van der Waals surface area contributed by atoms with Gasteiger partial charge >= 0.3 is 0 Å². The smallest absolute Gasteiger partial charge is 0.120 e. The standard InChI is InChI=1S/C16H26O2/c1-7-8-9-14(10-11-15(3,4)17)12-13(2)16(5,6)18/h17-18H,7-9H2,1-6H3. The third-order valence-corrected chi connectivity index (χ3v) is 2.56. The molecule has 0 aromatic carbocycles. The maximum atomic E-state index is 9.88. The molecule has 0 spiro atoms. The van der Waals surface area contributed by atoms with Crippen LogP contribution in [0.5, 0.6) is 0 Å². The van der Waals surface area contributed by atoms with E-state index in [0.29, 0.717) is 0 Å². The highest BCUT2D eigenvalue weighted by atomic mass is 16.3. The summed E-state index contributed by atoms with van der Waals surface area (Å²) in [5.74, 6) is 5.77. The van der Waals surface area contributed by atoms with Crippen molar-refractivity contribution in [3.05, 3.63) is 16.9 Å². The molecule has 0 rings (SSSR count). The van der Waals surface area contributed by atoms with Crippen molar-refractivity contribution in [2.45, 2.75) is 72.0 Å². The van der Waals surface area contributed by atoms with E-state index in [0.717, 1.165) is 30.4 Å². The van der Waals surface area contributed by atoms with Crippen LogP contribution in [0.15, 0.2) is 16.9 Å².